The maximum Gasteiger partial charge on any atom is 0.251 e. The van der Waals surface area contributed by atoms with Crippen molar-refractivity contribution >= 4 is 11.9 Å². The highest BCUT2D eigenvalue weighted by Crippen LogP contribution is 2.28. The van der Waals surface area contributed by atoms with E-state index in [4.69, 9.17) is 4.74 Å². The van der Waals surface area contributed by atoms with Gasteiger partial charge in [0.25, 0.3) is 5.91 Å². The smallest absolute Gasteiger partial charge is 0.251 e. The van der Waals surface area contributed by atoms with E-state index in [9.17, 15) is 9.90 Å². The second kappa shape index (κ2) is 10.5. The van der Waals surface area contributed by atoms with E-state index in [1.807, 2.05) is 12.1 Å². The Labute approximate surface area is 177 Å². The van der Waals surface area contributed by atoms with E-state index in [1.165, 1.54) is 17.7 Å². The summed E-state index contributed by atoms with van der Waals surface area (Å²) in [6, 6.07) is 14.5. The Morgan fingerprint density at radius 2 is 1.90 bits per heavy atom. The molecule has 2 aromatic carbocycles. The molecule has 0 spiro atoms. The summed E-state index contributed by atoms with van der Waals surface area (Å²) in [6.07, 6.45) is 1.08. The lowest BCUT2D eigenvalue weighted by atomic mass is 9.98. The first-order valence-electron chi connectivity index (χ1n) is 10.3. The van der Waals surface area contributed by atoms with E-state index >= 15 is 0 Å². The molecule has 3 N–H and O–H groups in total. The van der Waals surface area contributed by atoms with Crippen molar-refractivity contribution in [3.63, 3.8) is 0 Å². The zero-order chi connectivity index (χ0) is 21.3. The van der Waals surface area contributed by atoms with Gasteiger partial charge < -0.3 is 25.4 Å². The highest BCUT2D eigenvalue weighted by Gasteiger charge is 2.26. The predicted octanol–water partition coefficient (Wildman–Crippen LogP) is 2.59. The molecule has 3 rings (SSSR count). The van der Waals surface area contributed by atoms with Crippen molar-refractivity contribution in [2.75, 3.05) is 39.8 Å². The molecule has 7 nitrogen and oxygen atoms in total. The Morgan fingerprint density at radius 1 is 1.17 bits per heavy atom. The number of phenols is 1. The summed E-state index contributed by atoms with van der Waals surface area (Å²) >= 11 is 0. The Bertz CT molecular complexity index is 850. The molecule has 1 unspecified atom stereocenters. The predicted molar refractivity (Wildman–Crippen MR) is 118 cm³/mol. The Hall–Kier alpha value is -3.22. The van der Waals surface area contributed by atoms with Crippen LogP contribution in [0.5, 0.6) is 11.5 Å². The van der Waals surface area contributed by atoms with Gasteiger partial charge in [-0.05, 0) is 55.3 Å². The van der Waals surface area contributed by atoms with Crippen molar-refractivity contribution in [2.45, 2.75) is 19.3 Å². The van der Waals surface area contributed by atoms with E-state index in [1.54, 1.807) is 19.2 Å². The largest absolute Gasteiger partial charge is 0.508 e. The molecule has 1 fully saturated rings. The van der Waals surface area contributed by atoms with Crippen LogP contribution in [0.1, 0.15) is 35.2 Å². The number of hydrogen-bond donors (Lipinski definition) is 3. The van der Waals surface area contributed by atoms with Gasteiger partial charge in [-0.3, -0.25) is 9.79 Å². The number of benzene rings is 2. The molecule has 1 amide bonds. The standard InChI is InChI=1S/C23H30N4O3/c1-3-24-23(26-14-13-25-22(29)18-4-8-20(28)9-5-18)27-15-12-19(16-27)17-6-10-21(30-2)11-7-17/h4-11,19,28H,3,12-16H2,1-2H3,(H,24,26)(H,25,29). The van der Waals surface area contributed by atoms with Gasteiger partial charge in [-0.15, -0.1) is 0 Å². The lowest BCUT2D eigenvalue weighted by Crippen LogP contribution is -2.40. The number of carbonyl (C=O) groups excluding carboxylic acids is 1. The Morgan fingerprint density at radius 3 is 2.57 bits per heavy atom. The van der Waals surface area contributed by atoms with Crippen molar-refractivity contribution in [3.8, 4) is 11.5 Å². The van der Waals surface area contributed by atoms with Crippen molar-refractivity contribution in [2.24, 2.45) is 4.99 Å². The van der Waals surface area contributed by atoms with Crippen LogP contribution in [0.15, 0.2) is 53.5 Å². The minimum absolute atomic E-state index is 0.144. The van der Waals surface area contributed by atoms with Crippen molar-refractivity contribution in [1.29, 1.82) is 0 Å². The summed E-state index contributed by atoms with van der Waals surface area (Å²) in [5.74, 6) is 2.19. The molecule has 0 saturated carbocycles. The summed E-state index contributed by atoms with van der Waals surface area (Å²) in [4.78, 5) is 19.1. The minimum Gasteiger partial charge on any atom is -0.508 e. The number of phenolic OH excluding ortho intramolecular Hbond substituents is 1. The molecule has 1 aliphatic rings. The van der Waals surface area contributed by atoms with Gasteiger partial charge >= 0.3 is 0 Å². The topological polar surface area (TPSA) is 86.2 Å². The van der Waals surface area contributed by atoms with Crippen LogP contribution < -0.4 is 15.4 Å². The normalized spacial score (nSPS) is 16.4. The molecular formula is C23H30N4O3. The molecule has 1 saturated heterocycles. The molecule has 7 heteroatoms. The number of nitrogens with zero attached hydrogens (tertiary/aromatic N) is 2. The van der Waals surface area contributed by atoms with Crippen LogP contribution in [0.25, 0.3) is 0 Å². The van der Waals surface area contributed by atoms with Gasteiger partial charge in [-0.25, -0.2) is 0 Å². The molecule has 1 atom stereocenters. The first-order valence-corrected chi connectivity index (χ1v) is 10.3. The van der Waals surface area contributed by atoms with Crippen molar-refractivity contribution < 1.29 is 14.6 Å². The van der Waals surface area contributed by atoms with Gasteiger partial charge in [0.15, 0.2) is 5.96 Å². The zero-order valence-electron chi connectivity index (χ0n) is 17.6. The third-order valence-corrected chi connectivity index (χ3v) is 5.20. The fraction of sp³-hybridized carbons (Fsp3) is 0.391. The maximum atomic E-state index is 12.2. The molecule has 0 aliphatic carbocycles. The molecule has 1 aliphatic heterocycles. The van der Waals surface area contributed by atoms with Crippen molar-refractivity contribution in [3.05, 3.63) is 59.7 Å². The molecule has 2 aromatic rings. The van der Waals surface area contributed by atoms with Crippen LogP contribution >= 0.6 is 0 Å². The number of methoxy groups -OCH3 is 1. The average Bonchev–Trinajstić information content (AvgIpc) is 3.26. The van der Waals surface area contributed by atoms with E-state index in [2.05, 4.69) is 39.6 Å². The number of guanidine groups is 1. The van der Waals surface area contributed by atoms with Crippen LogP contribution in [0.3, 0.4) is 0 Å². The Balaban J connectivity index is 1.52. The molecule has 1 heterocycles. The lowest BCUT2D eigenvalue weighted by molar-refractivity contribution is 0.0955. The molecule has 160 valence electrons. The van der Waals surface area contributed by atoms with Gasteiger partial charge in [-0.2, -0.15) is 0 Å². The van der Waals surface area contributed by atoms with Gasteiger partial charge in [0, 0.05) is 37.7 Å². The number of ether oxygens (including phenoxy) is 1. The highest BCUT2D eigenvalue weighted by molar-refractivity contribution is 5.94. The molecule has 0 radical (unpaired) electrons. The first kappa shape index (κ1) is 21.5. The molecule has 0 bridgehead atoms. The number of carbonyl (C=O) groups is 1. The number of aromatic hydroxyl groups is 1. The van der Waals surface area contributed by atoms with Crippen LogP contribution in [0, 0.1) is 0 Å². The molecular weight excluding hydrogens is 380 g/mol. The van der Waals surface area contributed by atoms with E-state index < -0.39 is 0 Å². The summed E-state index contributed by atoms with van der Waals surface area (Å²) in [5, 5.41) is 15.5. The summed E-state index contributed by atoms with van der Waals surface area (Å²) in [6.45, 7) is 5.65. The number of amides is 1. The van der Waals surface area contributed by atoms with Crippen molar-refractivity contribution in [1.82, 2.24) is 15.5 Å². The van der Waals surface area contributed by atoms with Gasteiger partial charge in [0.05, 0.1) is 13.7 Å². The highest BCUT2D eigenvalue weighted by atomic mass is 16.5. The van der Waals surface area contributed by atoms with Crippen LogP contribution in [-0.2, 0) is 0 Å². The number of rotatable bonds is 7. The van der Waals surface area contributed by atoms with Gasteiger partial charge in [0.2, 0.25) is 0 Å². The fourth-order valence-electron chi connectivity index (χ4n) is 3.57. The summed E-state index contributed by atoms with van der Waals surface area (Å²) in [7, 11) is 1.68. The van der Waals surface area contributed by atoms with E-state index in [-0.39, 0.29) is 11.7 Å². The van der Waals surface area contributed by atoms with E-state index in [0.717, 1.165) is 37.8 Å². The zero-order valence-corrected chi connectivity index (χ0v) is 17.6. The summed E-state index contributed by atoms with van der Waals surface area (Å²) < 4.78 is 5.25. The van der Waals surface area contributed by atoms with Crippen LogP contribution in [-0.4, -0.2) is 61.7 Å². The molecule has 30 heavy (non-hydrogen) atoms. The molecule has 0 aromatic heterocycles. The maximum absolute atomic E-state index is 12.2. The fourth-order valence-corrected chi connectivity index (χ4v) is 3.57. The lowest BCUT2D eigenvalue weighted by Gasteiger charge is -2.22. The number of aliphatic imine (C=N–C) groups is 1. The SMILES string of the molecule is CCNC(=NCCNC(=O)c1ccc(O)cc1)N1CCC(c2ccc(OC)cc2)C1. The number of hydrogen-bond acceptors (Lipinski definition) is 4. The van der Waals surface area contributed by atoms with Gasteiger partial charge in [-0.1, -0.05) is 12.1 Å². The first-order chi connectivity index (χ1) is 14.6. The minimum atomic E-state index is -0.170. The van der Waals surface area contributed by atoms with Crippen LogP contribution in [0.2, 0.25) is 0 Å². The quantitative estimate of drug-likeness (QED) is 0.371. The monoisotopic (exact) mass is 410 g/mol. The second-order valence-corrected chi connectivity index (χ2v) is 7.24. The Kier molecular flexibility index (Phi) is 7.54. The van der Waals surface area contributed by atoms with Crippen LogP contribution in [0.4, 0.5) is 0 Å². The number of nitrogens with one attached hydrogen (secondary N) is 2. The summed E-state index contributed by atoms with van der Waals surface area (Å²) in [5.41, 5.74) is 1.83. The third-order valence-electron chi connectivity index (χ3n) is 5.20. The van der Waals surface area contributed by atoms with Gasteiger partial charge in [0.1, 0.15) is 11.5 Å². The second-order valence-electron chi connectivity index (χ2n) is 7.24. The average molecular weight is 411 g/mol. The number of likely N-dealkylation sites (tertiary alicyclic amines) is 1. The third kappa shape index (κ3) is 5.65. The van der Waals surface area contributed by atoms with E-state index in [0.29, 0.717) is 24.6 Å².